The molecule has 0 unspecified atom stereocenters. The van der Waals surface area contributed by atoms with Gasteiger partial charge in [0, 0.05) is 0 Å². The summed E-state index contributed by atoms with van der Waals surface area (Å²) in [6, 6.07) is 4.35. The number of hydrogen-bond acceptors (Lipinski definition) is 4. The SMILES string of the molecule is O=C1N[C@@H](c2cccc(F)c2)[C@H](C(=O)c2cccs2)[C@@](O)(C(F)(F)F)N1. The molecule has 2 heterocycles. The molecule has 0 saturated carbocycles. The Morgan fingerprint density at radius 1 is 1.23 bits per heavy atom. The van der Waals surface area contributed by atoms with Gasteiger partial charge < -0.3 is 15.7 Å². The van der Waals surface area contributed by atoms with Crippen LogP contribution in [0, 0.1) is 11.7 Å². The van der Waals surface area contributed by atoms with Crippen molar-refractivity contribution in [2.75, 3.05) is 0 Å². The van der Waals surface area contributed by atoms with E-state index in [4.69, 9.17) is 0 Å². The smallest absolute Gasteiger partial charge is 0.363 e. The van der Waals surface area contributed by atoms with Gasteiger partial charge in [0.1, 0.15) is 11.7 Å². The average Bonchev–Trinajstić information content (AvgIpc) is 3.07. The van der Waals surface area contributed by atoms with E-state index in [-0.39, 0.29) is 10.4 Å². The van der Waals surface area contributed by atoms with Crippen LogP contribution in [0.2, 0.25) is 0 Å². The molecule has 3 rings (SSSR count). The lowest BCUT2D eigenvalue weighted by molar-refractivity contribution is -0.287. The molecule has 26 heavy (non-hydrogen) atoms. The summed E-state index contributed by atoms with van der Waals surface area (Å²) in [5.74, 6) is -3.93. The summed E-state index contributed by atoms with van der Waals surface area (Å²) in [5.41, 5.74) is -3.88. The molecule has 1 fully saturated rings. The maximum atomic E-state index is 13.6. The summed E-state index contributed by atoms with van der Waals surface area (Å²) >= 11 is 0.895. The normalized spacial score (nSPS) is 26.1. The predicted molar refractivity (Wildman–Crippen MR) is 84.0 cm³/mol. The lowest BCUT2D eigenvalue weighted by Crippen LogP contribution is -2.72. The van der Waals surface area contributed by atoms with Crippen molar-refractivity contribution in [3.63, 3.8) is 0 Å². The Morgan fingerprint density at radius 3 is 2.54 bits per heavy atom. The van der Waals surface area contributed by atoms with Crippen molar-refractivity contribution in [1.82, 2.24) is 10.6 Å². The Balaban J connectivity index is 2.16. The number of benzene rings is 1. The van der Waals surface area contributed by atoms with Crippen molar-refractivity contribution in [3.8, 4) is 0 Å². The summed E-state index contributed by atoms with van der Waals surface area (Å²) in [4.78, 5) is 24.5. The second-order valence-corrected chi connectivity index (χ2v) is 6.66. The molecule has 5 nitrogen and oxygen atoms in total. The number of carbonyl (C=O) groups excluding carboxylic acids is 2. The molecule has 10 heteroatoms. The summed E-state index contributed by atoms with van der Waals surface area (Å²) in [7, 11) is 0. The van der Waals surface area contributed by atoms with E-state index in [0.29, 0.717) is 0 Å². The standard InChI is InChI=1S/C16H12F4N2O3S/c17-9-4-1-3-8(7-9)12-11(13(23)10-5-2-6-26-10)15(25,16(18,19)20)22-14(24)21-12/h1-7,11-12,25H,(H2,21,22,24)/t11-,12+,15-/m1/s1. The fraction of sp³-hybridized carbons (Fsp3) is 0.250. The highest BCUT2D eigenvalue weighted by atomic mass is 32.1. The van der Waals surface area contributed by atoms with Crippen LogP contribution in [0.4, 0.5) is 22.4 Å². The molecule has 0 radical (unpaired) electrons. The largest absolute Gasteiger partial charge is 0.437 e. The molecule has 1 aromatic carbocycles. The van der Waals surface area contributed by atoms with Crippen molar-refractivity contribution in [2.24, 2.45) is 5.92 Å². The molecule has 2 aromatic rings. The second-order valence-electron chi connectivity index (χ2n) is 5.71. The molecular formula is C16H12F4N2O3S. The summed E-state index contributed by atoms with van der Waals surface area (Å²) in [6.07, 6.45) is -5.34. The van der Waals surface area contributed by atoms with Gasteiger partial charge in [0.25, 0.3) is 0 Å². The topological polar surface area (TPSA) is 78.4 Å². The van der Waals surface area contributed by atoms with Crippen molar-refractivity contribution in [3.05, 3.63) is 58.0 Å². The minimum Gasteiger partial charge on any atom is -0.363 e. The number of nitrogens with one attached hydrogen (secondary N) is 2. The first kappa shape index (κ1) is 18.3. The molecular weight excluding hydrogens is 376 g/mol. The molecule has 138 valence electrons. The first-order chi connectivity index (χ1) is 12.1. The fourth-order valence-corrected chi connectivity index (χ4v) is 3.59. The van der Waals surface area contributed by atoms with E-state index in [9.17, 15) is 32.3 Å². The van der Waals surface area contributed by atoms with Gasteiger partial charge in [0.05, 0.1) is 10.9 Å². The van der Waals surface area contributed by atoms with Crippen molar-refractivity contribution in [2.45, 2.75) is 17.9 Å². The zero-order chi connectivity index (χ0) is 19.1. The average molecular weight is 388 g/mol. The highest BCUT2D eigenvalue weighted by Crippen LogP contribution is 2.44. The third-order valence-corrected chi connectivity index (χ3v) is 4.94. The Labute approximate surface area is 148 Å². The minimum absolute atomic E-state index is 0.0305. The molecule has 1 saturated heterocycles. The van der Waals surface area contributed by atoms with Gasteiger partial charge in [-0.05, 0) is 29.1 Å². The Hall–Kier alpha value is -2.46. The van der Waals surface area contributed by atoms with Crippen LogP contribution in [0.3, 0.4) is 0 Å². The first-order valence-electron chi connectivity index (χ1n) is 7.34. The van der Waals surface area contributed by atoms with Gasteiger partial charge in [0.15, 0.2) is 5.78 Å². The van der Waals surface area contributed by atoms with Crippen LogP contribution >= 0.6 is 11.3 Å². The van der Waals surface area contributed by atoms with Crippen molar-refractivity contribution in [1.29, 1.82) is 0 Å². The third-order valence-electron chi connectivity index (χ3n) is 4.06. The van der Waals surface area contributed by atoms with Gasteiger partial charge in [-0.3, -0.25) is 4.79 Å². The van der Waals surface area contributed by atoms with Crippen molar-refractivity contribution < 1.29 is 32.3 Å². The molecule has 3 atom stereocenters. The molecule has 0 spiro atoms. The summed E-state index contributed by atoms with van der Waals surface area (Å²) in [6.45, 7) is 0. The van der Waals surface area contributed by atoms with E-state index in [2.05, 4.69) is 5.32 Å². The molecule has 0 bridgehead atoms. The van der Waals surface area contributed by atoms with Gasteiger partial charge in [-0.25, -0.2) is 9.18 Å². The maximum absolute atomic E-state index is 13.6. The van der Waals surface area contributed by atoms with Gasteiger partial charge in [-0.15, -0.1) is 11.3 Å². The molecule has 3 N–H and O–H groups in total. The molecule has 1 aromatic heterocycles. The van der Waals surface area contributed by atoms with Crippen LogP contribution in [0.1, 0.15) is 21.3 Å². The van der Waals surface area contributed by atoms with Gasteiger partial charge in [-0.1, -0.05) is 18.2 Å². The maximum Gasteiger partial charge on any atom is 0.437 e. The van der Waals surface area contributed by atoms with E-state index >= 15 is 0 Å². The summed E-state index contributed by atoms with van der Waals surface area (Å²) < 4.78 is 54.4. The van der Waals surface area contributed by atoms with Crippen LogP contribution in [0.15, 0.2) is 41.8 Å². The van der Waals surface area contributed by atoms with E-state index in [1.54, 1.807) is 0 Å². The Morgan fingerprint density at radius 2 is 1.96 bits per heavy atom. The fourth-order valence-electron chi connectivity index (χ4n) is 2.89. The number of Topliss-reactive ketones (excluding diaryl/α,β-unsaturated/α-hetero) is 1. The zero-order valence-corrected chi connectivity index (χ0v) is 13.7. The quantitative estimate of drug-likeness (QED) is 0.559. The van der Waals surface area contributed by atoms with Crippen LogP contribution in [0.25, 0.3) is 0 Å². The lowest BCUT2D eigenvalue weighted by Gasteiger charge is -2.44. The first-order valence-corrected chi connectivity index (χ1v) is 8.22. The number of hydrogen-bond donors (Lipinski definition) is 3. The van der Waals surface area contributed by atoms with E-state index in [1.807, 2.05) is 0 Å². The number of alkyl halides is 3. The monoisotopic (exact) mass is 388 g/mol. The van der Waals surface area contributed by atoms with Gasteiger partial charge in [0.2, 0.25) is 5.72 Å². The van der Waals surface area contributed by atoms with Crippen LogP contribution in [-0.4, -0.2) is 28.8 Å². The zero-order valence-electron chi connectivity index (χ0n) is 12.9. The number of thiophene rings is 1. The van der Waals surface area contributed by atoms with Gasteiger partial charge in [-0.2, -0.15) is 13.2 Å². The van der Waals surface area contributed by atoms with Crippen LogP contribution in [-0.2, 0) is 0 Å². The number of aliphatic hydroxyl groups is 1. The molecule has 1 aliphatic rings. The van der Waals surface area contributed by atoms with E-state index < -0.39 is 41.5 Å². The molecule has 0 aliphatic carbocycles. The highest BCUT2D eigenvalue weighted by Gasteiger charge is 2.66. The third kappa shape index (κ3) is 3.06. The van der Waals surface area contributed by atoms with Gasteiger partial charge >= 0.3 is 12.2 Å². The highest BCUT2D eigenvalue weighted by molar-refractivity contribution is 7.12. The number of rotatable bonds is 3. The summed E-state index contributed by atoms with van der Waals surface area (Å²) in [5, 5.41) is 15.4. The molecule has 1 aliphatic heterocycles. The van der Waals surface area contributed by atoms with E-state index in [1.165, 1.54) is 35.0 Å². The number of carbonyl (C=O) groups is 2. The van der Waals surface area contributed by atoms with Crippen LogP contribution < -0.4 is 10.6 Å². The van der Waals surface area contributed by atoms with E-state index in [0.717, 1.165) is 23.5 Å². The predicted octanol–water partition coefficient (Wildman–Crippen LogP) is 2.99. The number of amides is 2. The Kier molecular flexibility index (Phi) is 4.49. The minimum atomic E-state index is -5.34. The number of urea groups is 1. The van der Waals surface area contributed by atoms with Crippen LogP contribution in [0.5, 0.6) is 0 Å². The second kappa shape index (κ2) is 6.36. The number of halogens is 4. The van der Waals surface area contributed by atoms with Crippen molar-refractivity contribution >= 4 is 23.2 Å². The molecule has 2 amide bonds. The number of ketones is 1. The Bertz CT molecular complexity index is 840. The lowest BCUT2D eigenvalue weighted by atomic mass is 9.78.